The van der Waals surface area contributed by atoms with E-state index in [4.69, 9.17) is 0 Å². The van der Waals surface area contributed by atoms with E-state index >= 15 is 0 Å². The van der Waals surface area contributed by atoms with E-state index in [9.17, 15) is 0 Å². The zero-order chi connectivity index (χ0) is 16.9. The fourth-order valence-electron chi connectivity index (χ4n) is 1.99. The summed E-state index contributed by atoms with van der Waals surface area (Å²) >= 11 is 0. The van der Waals surface area contributed by atoms with Crippen molar-refractivity contribution < 1.29 is 21.1 Å². The van der Waals surface area contributed by atoms with Gasteiger partial charge in [-0.25, -0.2) is 0 Å². The summed E-state index contributed by atoms with van der Waals surface area (Å²) in [4.78, 5) is 8.83. The molecule has 23 heavy (non-hydrogen) atoms. The summed E-state index contributed by atoms with van der Waals surface area (Å²) in [6, 6.07) is 2.26. The Morgan fingerprint density at radius 1 is 0.478 bits per heavy atom. The summed E-state index contributed by atoms with van der Waals surface area (Å²) in [6.07, 6.45) is 8.46. The Morgan fingerprint density at radius 3 is 0.739 bits per heavy atom. The zero-order valence-electron chi connectivity index (χ0n) is 15.9. The maximum atomic E-state index is 2.21. The molecule has 0 amide bonds. The van der Waals surface area contributed by atoms with E-state index in [-0.39, 0.29) is 21.1 Å². The first-order chi connectivity index (χ1) is 10.2. The Hall–Kier alpha value is -0.632. The molecular formula is C18H34N4Pt. The van der Waals surface area contributed by atoms with Crippen LogP contribution in [0.25, 0.3) is 0 Å². The van der Waals surface area contributed by atoms with E-state index in [0.717, 1.165) is 0 Å². The number of rotatable bonds is 4. The normalized spacial score (nSPS) is 16.9. The van der Waals surface area contributed by atoms with E-state index in [1.807, 2.05) is 0 Å². The van der Waals surface area contributed by atoms with Gasteiger partial charge < -0.3 is 19.6 Å². The Labute approximate surface area is 158 Å². The Bertz CT molecular complexity index is 309. The minimum Gasteiger partial charge on any atom is -0.506 e. The fourth-order valence-corrected chi connectivity index (χ4v) is 1.99. The molecule has 136 valence electrons. The summed E-state index contributed by atoms with van der Waals surface area (Å²) in [6.45, 7) is 21.8. The van der Waals surface area contributed by atoms with Gasteiger partial charge in [-0.3, -0.25) is 0 Å². The van der Waals surface area contributed by atoms with Crippen LogP contribution in [0.2, 0.25) is 0 Å². The molecule has 2 aliphatic heterocycles. The molecule has 0 bridgehead atoms. The largest absolute Gasteiger partial charge is 2.00 e. The molecule has 4 nitrogen and oxygen atoms in total. The molecule has 0 aliphatic carbocycles. The van der Waals surface area contributed by atoms with Gasteiger partial charge >= 0.3 is 21.1 Å². The Morgan fingerprint density at radius 2 is 0.652 bits per heavy atom. The SMILES string of the molecule is CC(C)N1C=CN(C(C)C)[CH-]1.CC(C)N1C=CN(C(C)C)[CH-]1.[Pt+2]. The van der Waals surface area contributed by atoms with Crippen molar-refractivity contribution in [3.63, 3.8) is 0 Å². The molecule has 0 spiro atoms. The molecule has 0 aromatic heterocycles. The van der Waals surface area contributed by atoms with Gasteiger partial charge in [-0.2, -0.15) is 13.3 Å². The van der Waals surface area contributed by atoms with E-state index in [1.165, 1.54) is 0 Å². The van der Waals surface area contributed by atoms with Crippen LogP contribution in [-0.2, 0) is 21.1 Å². The predicted octanol–water partition coefficient (Wildman–Crippen LogP) is 4.02. The molecular weight excluding hydrogens is 467 g/mol. The quantitative estimate of drug-likeness (QED) is 0.540. The predicted molar refractivity (Wildman–Crippen MR) is 94.8 cm³/mol. The third-order valence-electron chi connectivity index (χ3n) is 3.74. The van der Waals surface area contributed by atoms with Gasteiger partial charge in [-0.15, -0.1) is 0 Å². The molecule has 0 saturated carbocycles. The van der Waals surface area contributed by atoms with Crippen LogP contribution in [0.4, 0.5) is 0 Å². The first-order valence-electron chi connectivity index (χ1n) is 8.38. The van der Waals surface area contributed by atoms with Crippen molar-refractivity contribution in [1.82, 2.24) is 19.6 Å². The molecule has 0 N–H and O–H groups in total. The van der Waals surface area contributed by atoms with Gasteiger partial charge in [-0.05, 0) is 104 Å². The molecule has 2 rings (SSSR count). The molecule has 0 unspecified atom stereocenters. The molecule has 2 aliphatic rings. The third kappa shape index (κ3) is 7.20. The summed E-state index contributed by atoms with van der Waals surface area (Å²) in [5, 5.41) is 0. The Balaban J connectivity index is 0.000000403. The van der Waals surface area contributed by atoms with E-state index < -0.39 is 0 Å². The van der Waals surface area contributed by atoms with E-state index in [2.05, 4.69) is 113 Å². The molecule has 2 heterocycles. The van der Waals surface area contributed by atoms with Crippen LogP contribution >= 0.6 is 0 Å². The topological polar surface area (TPSA) is 13.0 Å². The molecule has 5 heteroatoms. The first kappa shape index (κ1) is 22.4. The second-order valence-electron chi connectivity index (χ2n) is 6.99. The summed E-state index contributed by atoms with van der Waals surface area (Å²) in [5.74, 6) is 0. The minimum absolute atomic E-state index is 0. The average Bonchev–Trinajstić information content (AvgIpc) is 3.09. The molecule has 0 saturated heterocycles. The van der Waals surface area contributed by atoms with Crippen LogP contribution in [0.3, 0.4) is 0 Å². The van der Waals surface area contributed by atoms with Gasteiger partial charge in [0.1, 0.15) is 0 Å². The number of hydrogen-bond acceptors (Lipinski definition) is 4. The maximum Gasteiger partial charge on any atom is 2.00 e. The van der Waals surface area contributed by atoms with Gasteiger partial charge in [0, 0.05) is 0 Å². The van der Waals surface area contributed by atoms with Crippen molar-refractivity contribution in [1.29, 1.82) is 0 Å². The van der Waals surface area contributed by atoms with Gasteiger partial charge in [0.15, 0.2) is 0 Å². The van der Waals surface area contributed by atoms with Crippen LogP contribution < -0.4 is 0 Å². The minimum atomic E-state index is 0. The van der Waals surface area contributed by atoms with Crippen LogP contribution in [0.5, 0.6) is 0 Å². The summed E-state index contributed by atoms with van der Waals surface area (Å²) in [7, 11) is 0. The van der Waals surface area contributed by atoms with Crippen molar-refractivity contribution in [3.05, 3.63) is 38.1 Å². The van der Waals surface area contributed by atoms with Crippen LogP contribution in [-0.4, -0.2) is 43.8 Å². The molecule has 0 fully saturated rings. The average molecular weight is 502 g/mol. The second-order valence-corrected chi connectivity index (χ2v) is 6.99. The van der Waals surface area contributed by atoms with Crippen molar-refractivity contribution in [2.45, 2.75) is 79.6 Å². The van der Waals surface area contributed by atoms with Gasteiger partial charge in [-0.1, -0.05) is 0 Å². The summed E-state index contributed by atoms with van der Waals surface area (Å²) in [5.41, 5.74) is 0. The van der Waals surface area contributed by atoms with E-state index in [1.54, 1.807) is 0 Å². The fraction of sp³-hybridized carbons (Fsp3) is 0.667. The van der Waals surface area contributed by atoms with Crippen molar-refractivity contribution in [2.75, 3.05) is 0 Å². The summed E-state index contributed by atoms with van der Waals surface area (Å²) < 4.78 is 0. The van der Waals surface area contributed by atoms with Crippen LogP contribution in [0.1, 0.15) is 55.4 Å². The van der Waals surface area contributed by atoms with Gasteiger partial charge in [0.2, 0.25) is 0 Å². The van der Waals surface area contributed by atoms with E-state index in [0.29, 0.717) is 24.2 Å². The van der Waals surface area contributed by atoms with Crippen molar-refractivity contribution in [2.24, 2.45) is 0 Å². The zero-order valence-corrected chi connectivity index (χ0v) is 18.2. The maximum absolute atomic E-state index is 2.21. The monoisotopic (exact) mass is 501 g/mol. The van der Waals surface area contributed by atoms with Crippen molar-refractivity contribution in [3.8, 4) is 0 Å². The number of hydrogen-bond donors (Lipinski definition) is 0. The second kappa shape index (κ2) is 10.3. The molecule has 0 atom stereocenters. The first-order valence-corrected chi connectivity index (χ1v) is 8.38. The van der Waals surface area contributed by atoms with Crippen LogP contribution in [0.15, 0.2) is 24.8 Å². The molecule has 0 aromatic carbocycles. The molecule has 0 aromatic rings. The van der Waals surface area contributed by atoms with Crippen LogP contribution in [0, 0.1) is 13.3 Å². The molecule has 0 radical (unpaired) electrons. The number of nitrogens with zero attached hydrogens (tertiary/aromatic N) is 4. The van der Waals surface area contributed by atoms with Gasteiger partial charge in [0.05, 0.1) is 0 Å². The third-order valence-corrected chi connectivity index (χ3v) is 3.74. The van der Waals surface area contributed by atoms with Crippen molar-refractivity contribution >= 4 is 0 Å². The smallest absolute Gasteiger partial charge is 0.506 e. The van der Waals surface area contributed by atoms with Gasteiger partial charge in [0.25, 0.3) is 0 Å². The Kier molecular flexibility index (Phi) is 10.00. The standard InChI is InChI=1S/2C9H17N2.Pt/c2*1-8(2)10-5-6-11(7-10)9(3)4;/h2*5-9H,1-4H3;/q2*-1;+2.